The Morgan fingerprint density at radius 1 is 1.05 bits per heavy atom. The molecular formula is C28H34N8O. The summed E-state index contributed by atoms with van der Waals surface area (Å²) in [5.74, 6) is 0.780. The van der Waals surface area contributed by atoms with E-state index in [4.69, 9.17) is 0 Å². The number of fused-ring (bicyclic) bond motifs is 1. The number of aromatic nitrogens is 6. The van der Waals surface area contributed by atoms with E-state index in [1.54, 1.807) is 0 Å². The molecule has 0 bridgehead atoms. The lowest BCUT2D eigenvalue weighted by Crippen LogP contribution is -2.48. The van der Waals surface area contributed by atoms with E-state index in [1.807, 2.05) is 30.1 Å². The van der Waals surface area contributed by atoms with Crippen molar-refractivity contribution in [3.8, 4) is 0 Å². The molecule has 4 heterocycles. The van der Waals surface area contributed by atoms with Gasteiger partial charge in [-0.3, -0.25) is 19.6 Å². The number of tetrazole rings is 1. The highest BCUT2D eigenvalue weighted by atomic mass is 16.1. The van der Waals surface area contributed by atoms with Crippen molar-refractivity contribution in [3.63, 3.8) is 0 Å². The van der Waals surface area contributed by atoms with Gasteiger partial charge in [0.05, 0.1) is 11.6 Å². The molecule has 0 amide bonds. The fourth-order valence-corrected chi connectivity index (χ4v) is 6.01. The highest BCUT2D eigenvalue weighted by molar-refractivity contribution is 5.85. The summed E-state index contributed by atoms with van der Waals surface area (Å²) in [6.07, 6.45) is 8.29. The first-order valence-corrected chi connectivity index (χ1v) is 13.3. The minimum absolute atomic E-state index is 0.0649. The zero-order valence-corrected chi connectivity index (χ0v) is 21.6. The first kappa shape index (κ1) is 23.9. The van der Waals surface area contributed by atoms with Crippen molar-refractivity contribution in [1.29, 1.82) is 0 Å². The molecule has 0 radical (unpaired) electrons. The van der Waals surface area contributed by atoms with E-state index in [2.05, 4.69) is 66.5 Å². The predicted molar refractivity (Wildman–Crippen MR) is 142 cm³/mol. The summed E-state index contributed by atoms with van der Waals surface area (Å²) in [6.45, 7) is 8.47. The third kappa shape index (κ3) is 4.69. The Kier molecular flexibility index (Phi) is 6.56. The molecule has 192 valence electrons. The Morgan fingerprint density at radius 2 is 1.84 bits per heavy atom. The van der Waals surface area contributed by atoms with E-state index in [-0.39, 0.29) is 11.6 Å². The number of nitrogens with one attached hydrogen (secondary N) is 1. The molecule has 0 spiro atoms. The van der Waals surface area contributed by atoms with E-state index in [0.717, 1.165) is 79.0 Å². The van der Waals surface area contributed by atoms with Crippen LogP contribution >= 0.6 is 0 Å². The third-order valence-corrected chi connectivity index (χ3v) is 8.10. The molecule has 1 unspecified atom stereocenters. The minimum atomic E-state index is -0.302. The van der Waals surface area contributed by atoms with Gasteiger partial charge in [-0.2, -0.15) is 0 Å². The number of hydrogen-bond donors (Lipinski definition) is 1. The topological polar surface area (TPSA) is 95.8 Å². The molecule has 1 aliphatic carbocycles. The Labute approximate surface area is 216 Å². The van der Waals surface area contributed by atoms with Crippen LogP contribution in [0.1, 0.15) is 65.8 Å². The average molecular weight is 499 g/mol. The normalized spacial score (nSPS) is 18.5. The van der Waals surface area contributed by atoms with Gasteiger partial charge in [-0.25, -0.2) is 4.68 Å². The second-order valence-corrected chi connectivity index (χ2v) is 10.5. The van der Waals surface area contributed by atoms with Crippen LogP contribution in [0.3, 0.4) is 0 Å². The van der Waals surface area contributed by atoms with Gasteiger partial charge in [-0.05, 0) is 65.9 Å². The largest absolute Gasteiger partial charge is 0.321 e. The number of pyridine rings is 2. The second kappa shape index (κ2) is 10.1. The average Bonchev–Trinajstić information content (AvgIpc) is 3.61. The summed E-state index contributed by atoms with van der Waals surface area (Å²) in [5.41, 5.74) is 4.99. The Balaban J connectivity index is 1.37. The Morgan fingerprint density at radius 3 is 2.59 bits per heavy atom. The summed E-state index contributed by atoms with van der Waals surface area (Å²) in [6, 6.07) is 10.4. The van der Waals surface area contributed by atoms with Gasteiger partial charge in [0.1, 0.15) is 6.04 Å². The van der Waals surface area contributed by atoms with Gasteiger partial charge in [0.2, 0.25) is 0 Å². The highest BCUT2D eigenvalue weighted by Gasteiger charge is 2.34. The molecule has 1 aromatic carbocycles. The van der Waals surface area contributed by atoms with Crippen LogP contribution in [0.25, 0.3) is 10.9 Å². The van der Waals surface area contributed by atoms with Crippen LogP contribution < -0.4 is 5.56 Å². The maximum atomic E-state index is 13.6. The summed E-state index contributed by atoms with van der Waals surface area (Å²) in [7, 11) is 0. The van der Waals surface area contributed by atoms with E-state index in [9.17, 15) is 4.79 Å². The maximum absolute atomic E-state index is 13.6. The molecule has 1 saturated carbocycles. The molecule has 1 saturated heterocycles. The van der Waals surface area contributed by atoms with Gasteiger partial charge in [0.15, 0.2) is 5.82 Å². The maximum Gasteiger partial charge on any atom is 0.253 e. The number of piperazine rings is 1. The molecule has 4 aromatic rings. The van der Waals surface area contributed by atoms with E-state index < -0.39 is 0 Å². The van der Waals surface area contributed by atoms with Crippen LogP contribution in [0.2, 0.25) is 0 Å². The lowest BCUT2D eigenvalue weighted by molar-refractivity contribution is 0.0988. The van der Waals surface area contributed by atoms with Crippen molar-refractivity contribution in [1.82, 2.24) is 40.0 Å². The molecule has 2 fully saturated rings. The van der Waals surface area contributed by atoms with Crippen molar-refractivity contribution in [2.75, 3.05) is 26.2 Å². The monoisotopic (exact) mass is 498 g/mol. The summed E-state index contributed by atoms with van der Waals surface area (Å²) in [5, 5.41) is 14.2. The van der Waals surface area contributed by atoms with E-state index >= 15 is 0 Å². The fraction of sp³-hybridized carbons (Fsp3) is 0.464. The molecule has 9 nitrogen and oxygen atoms in total. The van der Waals surface area contributed by atoms with Crippen LogP contribution in [0, 0.1) is 13.8 Å². The van der Waals surface area contributed by atoms with Gasteiger partial charge in [0.25, 0.3) is 5.56 Å². The number of hydrogen-bond acceptors (Lipinski definition) is 7. The van der Waals surface area contributed by atoms with Crippen LogP contribution in [-0.4, -0.2) is 66.2 Å². The fourth-order valence-electron chi connectivity index (χ4n) is 6.01. The molecule has 1 aliphatic heterocycles. The lowest BCUT2D eigenvalue weighted by atomic mass is 9.99. The van der Waals surface area contributed by atoms with Gasteiger partial charge < -0.3 is 4.98 Å². The van der Waals surface area contributed by atoms with Gasteiger partial charge in [0, 0.05) is 56.1 Å². The van der Waals surface area contributed by atoms with Crippen molar-refractivity contribution < 1.29 is 0 Å². The number of H-pyrrole nitrogens is 1. The summed E-state index contributed by atoms with van der Waals surface area (Å²) < 4.78 is 2.01. The third-order valence-electron chi connectivity index (χ3n) is 8.10. The standard InChI is InChI=1S/C28H34N8O/c1-19-9-10-20(2)25-23(19)16-24(28(37)30-25)26(27-31-32-33-36(27)22-7-3-4-8-22)35-14-12-34(13-15-35)18-21-6-5-11-29-17-21/h5-6,9-11,16-17,22,26H,3-4,7-8,12-15,18H2,1-2H3,(H,30,37). The molecule has 2 aliphatic rings. The highest BCUT2D eigenvalue weighted by Crippen LogP contribution is 2.34. The SMILES string of the molecule is Cc1ccc(C)c2[nH]c(=O)c(C(c3nnnn3C3CCCC3)N3CCN(Cc4cccnc4)CC3)cc12. The van der Waals surface area contributed by atoms with Crippen LogP contribution in [-0.2, 0) is 6.54 Å². The molecule has 3 aromatic heterocycles. The first-order chi connectivity index (χ1) is 18.1. The van der Waals surface area contributed by atoms with Gasteiger partial charge in [-0.15, -0.1) is 5.10 Å². The van der Waals surface area contributed by atoms with Crippen molar-refractivity contribution >= 4 is 10.9 Å². The predicted octanol–water partition coefficient (Wildman–Crippen LogP) is 3.55. The van der Waals surface area contributed by atoms with Crippen LogP contribution in [0.15, 0.2) is 47.5 Å². The number of aromatic amines is 1. The number of nitrogens with zero attached hydrogens (tertiary/aromatic N) is 7. The van der Waals surface area contributed by atoms with E-state index in [1.165, 1.54) is 18.4 Å². The molecule has 6 rings (SSSR count). The smallest absolute Gasteiger partial charge is 0.253 e. The Bertz CT molecular complexity index is 1430. The molecule has 1 atom stereocenters. The number of benzene rings is 1. The van der Waals surface area contributed by atoms with Crippen LogP contribution in [0.5, 0.6) is 0 Å². The van der Waals surface area contributed by atoms with Crippen LogP contribution in [0.4, 0.5) is 0 Å². The van der Waals surface area contributed by atoms with Gasteiger partial charge in [-0.1, -0.05) is 31.0 Å². The van der Waals surface area contributed by atoms with Crippen molar-refractivity contribution in [2.24, 2.45) is 0 Å². The molecule has 37 heavy (non-hydrogen) atoms. The summed E-state index contributed by atoms with van der Waals surface area (Å²) in [4.78, 5) is 25.9. The van der Waals surface area contributed by atoms with E-state index in [0.29, 0.717) is 6.04 Å². The number of rotatable bonds is 6. The lowest BCUT2D eigenvalue weighted by Gasteiger charge is -2.39. The zero-order valence-electron chi connectivity index (χ0n) is 21.6. The molecule has 9 heteroatoms. The summed E-state index contributed by atoms with van der Waals surface area (Å²) >= 11 is 0. The quantitative estimate of drug-likeness (QED) is 0.434. The first-order valence-electron chi connectivity index (χ1n) is 13.3. The zero-order chi connectivity index (χ0) is 25.4. The van der Waals surface area contributed by atoms with Crippen molar-refractivity contribution in [3.05, 3.63) is 81.2 Å². The number of aryl methyl sites for hydroxylation is 2. The Hall–Kier alpha value is -3.43. The second-order valence-electron chi connectivity index (χ2n) is 10.5. The van der Waals surface area contributed by atoms with Gasteiger partial charge >= 0.3 is 0 Å². The van der Waals surface area contributed by atoms with Crippen molar-refractivity contribution in [2.45, 2.75) is 58.2 Å². The minimum Gasteiger partial charge on any atom is -0.321 e. The molecular weight excluding hydrogens is 464 g/mol. The molecule has 1 N–H and O–H groups in total.